The van der Waals surface area contributed by atoms with Crippen molar-refractivity contribution in [2.24, 2.45) is 5.92 Å². The molecule has 1 atom stereocenters. The Hall–Kier alpha value is -0.980. The molecule has 0 radical (unpaired) electrons. The van der Waals surface area contributed by atoms with Gasteiger partial charge in [0.2, 0.25) is 0 Å². The highest BCUT2D eigenvalue weighted by Crippen LogP contribution is 2.31. The molecule has 0 fully saturated rings. The Morgan fingerprint density at radius 2 is 1.90 bits per heavy atom. The first-order chi connectivity index (χ1) is 9.83. The van der Waals surface area contributed by atoms with Crippen molar-refractivity contribution in [2.75, 3.05) is 6.61 Å². The maximum Gasteiger partial charge on any atom is 0.119 e. The number of rotatable bonds is 8. The van der Waals surface area contributed by atoms with Gasteiger partial charge in [0, 0.05) is 0 Å². The molecule has 1 aromatic rings. The second-order valence-corrected chi connectivity index (χ2v) is 6.18. The first kappa shape index (κ1) is 15.4. The van der Waals surface area contributed by atoms with Crippen molar-refractivity contribution in [1.29, 1.82) is 0 Å². The summed E-state index contributed by atoms with van der Waals surface area (Å²) in [5, 5.41) is 0. The van der Waals surface area contributed by atoms with E-state index in [-0.39, 0.29) is 0 Å². The van der Waals surface area contributed by atoms with Crippen molar-refractivity contribution in [2.45, 2.75) is 71.6 Å². The third kappa shape index (κ3) is 4.54. The quantitative estimate of drug-likeness (QED) is 0.565. The van der Waals surface area contributed by atoms with Gasteiger partial charge < -0.3 is 4.74 Å². The Morgan fingerprint density at radius 1 is 1.05 bits per heavy atom. The number of fused-ring (bicyclic) bond motifs is 1. The molecule has 1 aliphatic rings. The van der Waals surface area contributed by atoms with Gasteiger partial charge in [-0.25, -0.2) is 0 Å². The van der Waals surface area contributed by atoms with Crippen molar-refractivity contribution in [3.8, 4) is 5.75 Å². The molecule has 1 nitrogen and oxygen atoms in total. The SMILES string of the molecule is CCCCCCCC1CCc2cc(OCC)ccc2C1. The van der Waals surface area contributed by atoms with E-state index >= 15 is 0 Å². The van der Waals surface area contributed by atoms with Crippen LogP contribution in [0.15, 0.2) is 18.2 Å². The van der Waals surface area contributed by atoms with Crippen LogP contribution in [0.5, 0.6) is 5.75 Å². The van der Waals surface area contributed by atoms with E-state index in [2.05, 4.69) is 25.1 Å². The van der Waals surface area contributed by atoms with Crippen LogP contribution in [0.3, 0.4) is 0 Å². The molecule has 112 valence electrons. The zero-order valence-electron chi connectivity index (χ0n) is 13.3. The minimum absolute atomic E-state index is 0.763. The maximum absolute atomic E-state index is 5.60. The molecule has 0 spiro atoms. The summed E-state index contributed by atoms with van der Waals surface area (Å²) in [4.78, 5) is 0. The van der Waals surface area contributed by atoms with Gasteiger partial charge >= 0.3 is 0 Å². The topological polar surface area (TPSA) is 9.23 Å². The molecule has 0 saturated carbocycles. The molecule has 0 saturated heterocycles. The summed E-state index contributed by atoms with van der Waals surface area (Å²) in [6.07, 6.45) is 12.4. The fraction of sp³-hybridized carbons (Fsp3) is 0.684. The van der Waals surface area contributed by atoms with Crippen LogP contribution in [0.4, 0.5) is 0 Å². The maximum atomic E-state index is 5.60. The van der Waals surface area contributed by atoms with E-state index in [0.717, 1.165) is 18.3 Å². The molecule has 1 aromatic carbocycles. The number of unbranched alkanes of at least 4 members (excludes halogenated alkanes) is 4. The molecule has 0 heterocycles. The first-order valence-electron chi connectivity index (χ1n) is 8.58. The minimum atomic E-state index is 0.763. The van der Waals surface area contributed by atoms with Crippen molar-refractivity contribution in [1.82, 2.24) is 0 Å². The smallest absolute Gasteiger partial charge is 0.119 e. The normalized spacial score (nSPS) is 17.8. The Labute approximate surface area is 124 Å². The van der Waals surface area contributed by atoms with Gasteiger partial charge in [-0.1, -0.05) is 51.5 Å². The largest absolute Gasteiger partial charge is 0.494 e. The summed E-state index contributed by atoms with van der Waals surface area (Å²) in [6.45, 7) is 5.10. The molecule has 1 heteroatoms. The lowest BCUT2D eigenvalue weighted by Crippen LogP contribution is -2.14. The Bertz CT molecular complexity index is 397. The van der Waals surface area contributed by atoms with Crippen LogP contribution in [0.25, 0.3) is 0 Å². The molecule has 0 N–H and O–H groups in total. The van der Waals surface area contributed by atoms with Gasteiger partial charge in [-0.15, -0.1) is 0 Å². The van der Waals surface area contributed by atoms with E-state index in [1.807, 2.05) is 6.92 Å². The molecular formula is C19H30O. The first-order valence-corrected chi connectivity index (χ1v) is 8.58. The third-order valence-electron chi connectivity index (χ3n) is 4.54. The van der Waals surface area contributed by atoms with Crippen LogP contribution >= 0.6 is 0 Å². The third-order valence-corrected chi connectivity index (χ3v) is 4.54. The van der Waals surface area contributed by atoms with E-state index in [9.17, 15) is 0 Å². The highest BCUT2D eigenvalue weighted by atomic mass is 16.5. The van der Waals surface area contributed by atoms with Crippen LogP contribution in [-0.2, 0) is 12.8 Å². The van der Waals surface area contributed by atoms with E-state index in [1.54, 1.807) is 5.56 Å². The van der Waals surface area contributed by atoms with E-state index < -0.39 is 0 Å². The standard InChI is InChI=1S/C19H30O/c1-3-5-6-7-8-9-16-10-11-18-15-19(20-4-2)13-12-17(18)14-16/h12-13,15-16H,3-11,14H2,1-2H3. The Kier molecular flexibility index (Phi) is 6.42. The van der Waals surface area contributed by atoms with Gasteiger partial charge in [0.25, 0.3) is 0 Å². The number of benzene rings is 1. The van der Waals surface area contributed by atoms with Crippen molar-refractivity contribution < 1.29 is 4.74 Å². The van der Waals surface area contributed by atoms with Crippen LogP contribution in [0.1, 0.15) is 69.9 Å². The zero-order valence-corrected chi connectivity index (χ0v) is 13.3. The van der Waals surface area contributed by atoms with Crippen molar-refractivity contribution >= 4 is 0 Å². The zero-order chi connectivity index (χ0) is 14.2. The van der Waals surface area contributed by atoms with Crippen LogP contribution in [0.2, 0.25) is 0 Å². The lowest BCUT2D eigenvalue weighted by molar-refractivity contribution is 0.338. The van der Waals surface area contributed by atoms with Gasteiger partial charge in [0.1, 0.15) is 5.75 Å². The fourth-order valence-electron chi connectivity index (χ4n) is 3.35. The average Bonchev–Trinajstić information content (AvgIpc) is 2.47. The summed E-state index contributed by atoms with van der Waals surface area (Å²) in [5.41, 5.74) is 3.09. The molecule has 0 amide bonds. The van der Waals surface area contributed by atoms with Crippen LogP contribution in [0, 0.1) is 5.92 Å². The molecule has 2 rings (SSSR count). The van der Waals surface area contributed by atoms with E-state index in [0.29, 0.717) is 0 Å². The lowest BCUT2D eigenvalue weighted by atomic mass is 9.81. The van der Waals surface area contributed by atoms with Gasteiger partial charge in [0.05, 0.1) is 6.61 Å². The number of hydrogen-bond donors (Lipinski definition) is 0. The summed E-state index contributed by atoms with van der Waals surface area (Å²) in [6, 6.07) is 6.70. The molecule has 0 aliphatic heterocycles. The van der Waals surface area contributed by atoms with Crippen LogP contribution < -0.4 is 4.74 Å². The van der Waals surface area contributed by atoms with Crippen molar-refractivity contribution in [3.63, 3.8) is 0 Å². The highest BCUT2D eigenvalue weighted by molar-refractivity contribution is 5.37. The number of hydrogen-bond acceptors (Lipinski definition) is 1. The average molecular weight is 274 g/mol. The van der Waals surface area contributed by atoms with Gasteiger partial charge in [-0.2, -0.15) is 0 Å². The van der Waals surface area contributed by atoms with Gasteiger partial charge in [0.15, 0.2) is 0 Å². The molecule has 0 aromatic heterocycles. The monoisotopic (exact) mass is 274 g/mol. The summed E-state index contributed by atoms with van der Waals surface area (Å²) in [7, 11) is 0. The second kappa shape index (κ2) is 8.34. The van der Waals surface area contributed by atoms with Gasteiger partial charge in [-0.05, 0) is 55.4 Å². The molecule has 0 bridgehead atoms. The fourth-order valence-corrected chi connectivity index (χ4v) is 3.35. The molecule has 20 heavy (non-hydrogen) atoms. The number of aryl methyl sites for hydroxylation is 1. The Morgan fingerprint density at radius 3 is 2.70 bits per heavy atom. The van der Waals surface area contributed by atoms with Gasteiger partial charge in [-0.3, -0.25) is 0 Å². The summed E-state index contributed by atoms with van der Waals surface area (Å²) >= 11 is 0. The molecular weight excluding hydrogens is 244 g/mol. The minimum Gasteiger partial charge on any atom is -0.494 e. The van der Waals surface area contributed by atoms with Crippen molar-refractivity contribution in [3.05, 3.63) is 29.3 Å². The molecule has 1 unspecified atom stereocenters. The Balaban J connectivity index is 1.79. The predicted octanol–water partition coefficient (Wildman–Crippen LogP) is 5.55. The highest BCUT2D eigenvalue weighted by Gasteiger charge is 2.18. The number of ether oxygens (including phenoxy) is 1. The summed E-state index contributed by atoms with van der Waals surface area (Å²) in [5.74, 6) is 1.96. The van der Waals surface area contributed by atoms with Crippen LogP contribution in [-0.4, -0.2) is 6.61 Å². The second-order valence-electron chi connectivity index (χ2n) is 6.18. The molecule has 1 aliphatic carbocycles. The van der Waals surface area contributed by atoms with E-state index in [1.165, 1.54) is 63.4 Å². The lowest BCUT2D eigenvalue weighted by Gasteiger charge is -2.25. The van der Waals surface area contributed by atoms with E-state index in [4.69, 9.17) is 4.74 Å². The summed E-state index contributed by atoms with van der Waals surface area (Å²) < 4.78 is 5.60. The predicted molar refractivity (Wildman–Crippen MR) is 86.5 cm³/mol.